The maximum absolute atomic E-state index is 5.54. The van der Waals surface area contributed by atoms with E-state index in [-0.39, 0.29) is 0 Å². The Morgan fingerprint density at radius 1 is 1.20 bits per heavy atom. The van der Waals surface area contributed by atoms with Crippen LogP contribution in [-0.2, 0) is 4.74 Å². The summed E-state index contributed by atoms with van der Waals surface area (Å²) in [6.07, 6.45) is 4.04. The van der Waals surface area contributed by atoms with Crippen molar-refractivity contribution in [2.45, 2.75) is 53.0 Å². The predicted octanol–water partition coefficient (Wildman–Crippen LogP) is 2.92. The molecule has 2 rings (SSSR count). The molecule has 0 aromatic rings. The number of ether oxygens (including phenoxy) is 1. The molecule has 0 bridgehead atoms. The fraction of sp³-hybridized carbons (Fsp3) is 1.00. The normalized spacial score (nSPS) is 31.8. The Morgan fingerprint density at radius 2 is 1.93 bits per heavy atom. The van der Waals surface area contributed by atoms with Gasteiger partial charge in [-0.2, -0.15) is 0 Å². The van der Waals surface area contributed by atoms with Crippen LogP contribution in [-0.4, -0.2) is 37.2 Å². The molecule has 1 spiro atoms. The number of hydrogen-bond acceptors (Lipinski definition) is 2. The highest BCUT2D eigenvalue weighted by Crippen LogP contribution is 2.37. The first-order valence-corrected chi connectivity index (χ1v) is 6.54. The zero-order valence-electron chi connectivity index (χ0n) is 10.9. The minimum absolute atomic E-state index is 0.530. The molecular formula is C13H27NO. The van der Waals surface area contributed by atoms with Crippen LogP contribution in [0, 0.1) is 5.41 Å². The molecule has 0 aromatic carbocycles. The Bertz CT molecular complexity index is 173. The summed E-state index contributed by atoms with van der Waals surface area (Å²) >= 11 is 0. The van der Waals surface area contributed by atoms with E-state index in [1.165, 1.54) is 32.4 Å². The van der Waals surface area contributed by atoms with Gasteiger partial charge in [0.25, 0.3) is 0 Å². The molecule has 2 heteroatoms. The highest BCUT2D eigenvalue weighted by molar-refractivity contribution is 4.90. The summed E-state index contributed by atoms with van der Waals surface area (Å²) in [7, 11) is 0. The molecule has 2 heterocycles. The first-order valence-electron chi connectivity index (χ1n) is 6.54. The van der Waals surface area contributed by atoms with Crippen molar-refractivity contribution in [3.63, 3.8) is 0 Å². The van der Waals surface area contributed by atoms with Crippen molar-refractivity contribution in [3.05, 3.63) is 0 Å². The van der Waals surface area contributed by atoms with E-state index in [2.05, 4.69) is 18.7 Å². The van der Waals surface area contributed by atoms with E-state index in [4.69, 9.17) is 4.74 Å². The van der Waals surface area contributed by atoms with Crippen molar-refractivity contribution in [2.75, 3.05) is 26.3 Å². The highest BCUT2D eigenvalue weighted by Gasteiger charge is 2.39. The van der Waals surface area contributed by atoms with Crippen LogP contribution < -0.4 is 0 Å². The largest absolute Gasteiger partial charge is 0.381 e. The van der Waals surface area contributed by atoms with Crippen molar-refractivity contribution in [1.29, 1.82) is 0 Å². The van der Waals surface area contributed by atoms with Crippen LogP contribution in [0.1, 0.15) is 47.0 Å². The molecule has 2 aliphatic heterocycles. The third-order valence-electron chi connectivity index (χ3n) is 3.61. The van der Waals surface area contributed by atoms with E-state index in [0.29, 0.717) is 11.5 Å². The lowest BCUT2D eigenvalue weighted by atomic mass is 9.79. The van der Waals surface area contributed by atoms with E-state index in [1.807, 2.05) is 13.8 Å². The number of piperidine rings is 1. The average Bonchev–Trinajstić information content (AvgIpc) is 2.69. The van der Waals surface area contributed by atoms with Gasteiger partial charge in [0.2, 0.25) is 0 Å². The minimum atomic E-state index is 0.530. The van der Waals surface area contributed by atoms with Crippen molar-refractivity contribution >= 4 is 0 Å². The summed E-state index contributed by atoms with van der Waals surface area (Å²) < 4.78 is 5.54. The minimum Gasteiger partial charge on any atom is -0.381 e. The van der Waals surface area contributed by atoms with Crippen LogP contribution in [0.4, 0.5) is 0 Å². The van der Waals surface area contributed by atoms with Gasteiger partial charge in [-0.25, -0.2) is 0 Å². The monoisotopic (exact) mass is 213 g/mol. The number of hydrogen-bond donors (Lipinski definition) is 0. The third kappa shape index (κ3) is 3.18. The Balaban J connectivity index is 0.000000531. The quantitative estimate of drug-likeness (QED) is 0.664. The number of rotatable bonds is 1. The summed E-state index contributed by atoms with van der Waals surface area (Å²) in [5.41, 5.74) is 0.530. The summed E-state index contributed by atoms with van der Waals surface area (Å²) in [4.78, 5) is 2.61. The fourth-order valence-electron chi connectivity index (χ4n) is 2.66. The van der Waals surface area contributed by atoms with E-state index in [9.17, 15) is 0 Å². The Labute approximate surface area is 95.0 Å². The summed E-state index contributed by atoms with van der Waals surface area (Å²) in [5.74, 6) is 0. The molecule has 2 saturated heterocycles. The smallest absolute Gasteiger partial charge is 0.0535 e. The Kier molecular flexibility index (Phi) is 5.07. The maximum atomic E-state index is 5.54. The second-order valence-corrected chi connectivity index (χ2v) is 4.97. The van der Waals surface area contributed by atoms with Crippen LogP contribution in [0.15, 0.2) is 0 Å². The zero-order chi connectivity index (χ0) is 11.3. The summed E-state index contributed by atoms with van der Waals surface area (Å²) in [5, 5.41) is 0. The van der Waals surface area contributed by atoms with E-state index < -0.39 is 0 Å². The molecule has 2 fully saturated rings. The maximum Gasteiger partial charge on any atom is 0.0535 e. The zero-order valence-corrected chi connectivity index (χ0v) is 10.9. The summed E-state index contributed by atoms with van der Waals surface area (Å²) in [6, 6.07) is 0.706. The van der Waals surface area contributed by atoms with Gasteiger partial charge in [-0.1, -0.05) is 13.8 Å². The molecule has 1 unspecified atom stereocenters. The number of nitrogens with zero attached hydrogens (tertiary/aromatic N) is 1. The van der Waals surface area contributed by atoms with Crippen molar-refractivity contribution in [1.82, 2.24) is 4.90 Å². The fourth-order valence-corrected chi connectivity index (χ4v) is 2.66. The van der Waals surface area contributed by atoms with E-state index in [0.717, 1.165) is 13.2 Å². The number of likely N-dealkylation sites (tertiary alicyclic amines) is 1. The second kappa shape index (κ2) is 5.86. The van der Waals surface area contributed by atoms with E-state index >= 15 is 0 Å². The van der Waals surface area contributed by atoms with Crippen LogP contribution >= 0.6 is 0 Å². The summed E-state index contributed by atoms with van der Waals surface area (Å²) in [6.45, 7) is 13.2. The lowest BCUT2D eigenvalue weighted by Crippen LogP contribution is -2.46. The molecular weight excluding hydrogens is 186 g/mol. The molecule has 15 heavy (non-hydrogen) atoms. The predicted molar refractivity (Wildman–Crippen MR) is 65.2 cm³/mol. The highest BCUT2D eigenvalue weighted by atomic mass is 16.5. The average molecular weight is 213 g/mol. The molecule has 2 aliphatic rings. The Hall–Kier alpha value is -0.0800. The molecule has 0 saturated carbocycles. The van der Waals surface area contributed by atoms with Gasteiger partial charge in [0.05, 0.1) is 6.61 Å². The first-order chi connectivity index (χ1) is 7.22. The van der Waals surface area contributed by atoms with Gasteiger partial charge >= 0.3 is 0 Å². The molecule has 1 atom stereocenters. The van der Waals surface area contributed by atoms with Gasteiger partial charge in [0.15, 0.2) is 0 Å². The van der Waals surface area contributed by atoms with Gasteiger partial charge in [0.1, 0.15) is 0 Å². The molecule has 0 N–H and O–H groups in total. The molecule has 2 nitrogen and oxygen atoms in total. The van der Waals surface area contributed by atoms with E-state index in [1.54, 1.807) is 0 Å². The lowest BCUT2D eigenvalue weighted by molar-refractivity contribution is 0.0520. The van der Waals surface area contributed by atoms with Gasteiger partial charge in [-0.05, 0) is 39.7 Å². The molecule has 0 aliphatic carbocycles. The molecule has 0 amide bonds. The molecule has 0 radical (unpaired) electrons. The SMILES string of the molecule is CC.CC(C)N1CCCC2(CCOC2)C1. The van der Waals surface area contributed by atoms with Gasteiger partial charge < -0.3 is 9.64 Å². The molecule has 0 aromatic heterocycles. The van der Waals surface area contributed by atoms with Crippen LogP contribution in [0.3, 0.4) is 0 Å². The van der Waals surface area contributed by atoms with Crippen LogP contribution in [0.5, 0.6) is 0 Å². The van der Waals surface area contributed by atoms with Crippen molar-refractivity contribution in [3.8, 4) is 0 Å². The lowest BCUT2D eigenvalue weighted by Gasteiger charge is -2.41. The second-order valence-electron chi connectivity index (χ2n) is 4.97. The standard InChI is InChI=1S/C11H21NO.C2H6/c1-10(2)12-6-3-4-11(8-12)5-7-13-9-11;1-2/h10H,3-9H2,1-2H3;1-2H3. The van der Waals surface area contributed by atoms with Gasteiger partial charge in [0, 0.05) is 24.6 Å². The van der Waals surface area contributed by atoms with Crippen LogP contribution in [0.2, 0.25) is 0 Å². The third-order valence-corrected chi connectivity index (χ3v) is 3.61. The Morgan fingerprint density at radius 3 is 2.47 bits per heavy atom. The topological polar surface area (TPSA) is 12.5 Å². The molecule has 90 valence electrons. The van der Waals surface area contributed by atoms with Gasteiger partial charge in [-0.15, -0.1) is 0 Å². The van der Waals surface area contributed by atoms with Crippen molar-refractivity contribution < 1.29 is 4.74 Å². The van der Waals surface area contributed by atoms with Crippen molar-refractivity contribution in [2.24, 2.45) is 5.41 Å². The first kappa shape index (κ1) is 13.0. The van der Waals surface area contributed by atoms with Gasteiger partial charge in [-0.3, -0.25) is 0 Å². The van der Waals surface area contributed by atoms with Crippen LogP contribution in [0.25, 0.3) is 0 Å².